The summed E-state index contributed by atoms with van der Waals surface area (Å²) in [6.07, 6.45) is 3.70. The summed E-state index contributed by atoms with van der Waals surface area (Å²) in [6, 6.07) is 4.71. The number of nitrogens with one attached hydrogen (secondary N) is 1. The Balaban J connectivity index is 0.000000550. The Kier molecular flexibility index (Phi) is 4.95. The Hall–Kier alpha value is -2.00. The van der Waals surface area contributed by atoms with E-state index in [-0.39, 0.29) is 23.0 Å². The third-order valence-corrected chi connectivity index (χ3v) is 3.25. The van der Waals surface area contributed by atoms with Crippen LogP contribution in [-0.4, -0.2) is 17.5 Å². The van der Waals surface area contributed by atoms with Crippen molar-refractivity contribution < 1.29 is 18.8 Å². The highest BCUT2D eigenvalue weighted by Gasteiger charge is 2.31. The molecule has 1 N–H and O–H groups in total. The summed E-state index contributed by atoms with van der Waals surface area (Å²) in [4.78, 5) is 27.3. The second kappa shape index (κ2) is 6.25. The molecule has 0 saturated heterocycles. The first-order valence-corrected chi connectivity index (χ1v) is 6.00. The zero-order valence-electron chi connectivity index (χ0n) is 11.0. The predicted molar refractivity (Wildman–Crippen MR) is 67.3 cm³/mol. The standard InChI is InChI=1S/C13H16FNO.CO2/c1-9(16)11-5-4-10(8-12(11)14)15-13(2)6-3-7-13;2-1-3/h4-5,8,15H,3,6-7H2,1-2H3;. The molecule has 0 atom stereocenters. The number of carbonyl (C=O) groups excluding carboxylic acids is 3. The zero-order chi connectivity index (χ0) is 14.5. The summed E-state index contributed by atoms with van der Waals surface area (Å²) in [7, 11) is 0. The van der Waals surface area contributed by atoms with Crippen LogP contribution in [0.25, 0.3) is 0 Å². The monoisotopic (exact) mass is 265 g/mol. The van der Waals surface area contributed by atoms with Crippen molar-refractivity contribution in [3.05, 3.63) is 29.6 Å². The Morgan fingerprint density at radius 3 is 2.32 bits per heavy atom. The van der Waals surface area contributed by atoms with Crippen molar-refractivity contribution in [3.63, 3.8) is 0 Å². The van der Waals surface area contributed by atoms with Gasteiger partial charge in [0.15, 0.2) is 5.78 Å². The highest BCUT2D eigenvalue weighted by molar-refractivity contribution is 5.94. The van der Waals surface area contributed by atoms with Crippen molar-refractivity contribution in [1.29, 1.82) is 0 Å². The quantitative estimate of drug-likeness (QED) is 0.853. The van der Waals surface area contributed by atoms with Crippen LogP contribution in [0.1, 0.15) is 43.5 Å². The molecule has 1 aliphatic rings. The number of hydrogen-bond donors (Lipinski definition) is 1. The van der Waals surface area contributed by atoms with E-state index < -0.39 is 5.82 Å². The number of hydrogen-bond acceptors (Lipinski definition) is 4. The van der Waals surface area contributed by atoms with Gasteiger partial charge in [-0.15, -0.1) is 0 Å². The number of anilines is 1. The smallest absolute Gasteiger partial charge is 0.373 e. The molecule has 19 heavy (non-hydrogen) atoms. The second-order valence-corrected chi connectivity index (χ2v) is 4.87. The molecule has 5 heteroatoms. The molecular weight excluding hydrogens is 249 g/mol. The lowest BCUT2D eigenvalue weighted by Gasteiger charge is -2.40. The van der Waals surface area contributed by atoms with Crippen LogP contribution in [0.2, 0.25) is 0 Å². The van der Waals surface area contributed by atoms with E-state index in [0.29, 0.717) is 0 Å². The van der Waals surface area contributed by atoms with E-state index in [1.807, 2.05) is 0 Å². The molecule has 0 radical (unpaired) electrons. The van der Waals surface area contributed by atoms with Crippen LogP contribution in [0.4, 0.5) is 10.1 Å². The molecule has 0 amide bonds. The predicted octanol–water partition coefficient (Wildman–Crippen LogP) is 2.80. The number of Topliss-reactive ketones (excluding diaryl/α,β-unsaturated/α-hetero) is 1. The third-order valence-electron chi connectivity index (χ3n) is 3.25. The lowest BCUT2D eigenvalue weighted by molar-refractivity contribution is -0.191. The Labute approximate surface area is 111 Å². The fourth-order valence-corrected chi connectivity index (χ4v) is 2.06. The van der Waals surface area contributed by atoms with Gasteiger partial charge in [0, 0.05) is 11.2 Å². The van der Waals surface area contributed by atoms with E-state index in [1.54, 1.807) is 12.1 Å². The molecular formula is C14H16FNO3. The topological polar surface area (TPSA) is 63.2 Å². The van der Waals surface area contributed by atoms with Gasteiger partial charge in [-0.1, -0.05) is 0 Å². The SMILES string of the molecule is CC(=O)c1ccc(NC2(C)CCC2)cc1F.O=C=O. The Bertz CT molecular complexity index is 503. The van der Waals surface area contributed by atoms with Gasteiger partial charge in [-0.3, -0.25) is 4.79 Å². The van der Waals surface area contributed by atoms with Crippen molar-refractivity contribution in [2.75, 3.05) is 5.32 Å². The fourth-order valence-electron chi connectivity index (χ4n) is 2.06. The first kappa shape index (κ1) is 15.1. The van der Waals surface area contributed by atoms with E-state index in [0.717, 1.165) is 18.5 Å². The summed E-state index contributed by atoms with van der Waals surface area (Å²) in [5, 5.41) is 3.31. The minimum atomic E-state index is -0.444. The molecule has 1 fully saturated rings. The van der Waals surface area contributed by atoms with Gasteiger partial charge in [0.2, 0.25) is 0 Å². The second-order valence-electron chi connectivity index (χ2n) is 4.87. The van der Waals surface area contributed by atoms with Gasteiger partial charge in [0.05, 0.1) is 5.56 Å². The van der Waals surface area contributed by atoms with Crippen LogP contribution in [-0.2, 0) is 9.59 Å². The maximum Gasteiger partial charge on any atom is 0.373 e. The average Bonchev–Trinajstić information content (AvgIpc) is 2.27. The summed E-state index contributed by atoms with van der Waals surface area (Å²) in [6.45, 7) is 3.51. The molecule has 0 heterocycles. The van der Waals surface area contributed by atoms with Crippen molar-refractivity contribution in [1.82, 2.24) is 0 Å². The molecule has 1 saturated carbocycles. The van der Waals surface area contributed by atoms with Gasteiger partial charge in [0.25, 0.3) is 0 Å². The minimum Gasteiger partial charge on any atom is -0.380 e. The van der Waals surface area contributed by atoms with Crippen LogP contribution in [0.3, 0.4) is 0 Å². The van der Waals surface area contributed by atoms with Gasteiger partial charge in [-0.05, 0) is 51.3 Å². The lowest BCUT2D eigenvalue weighted by Crippen LogP contribution is -2.41. The van der Waals surface area contributed by atoms with Crippen molar-refractivity contribution >= 4 is 17.6 Å². The normalized spacial score (nSPS) is 15.3. The molecule has 0 aliphatic heterocycles. The first-order valence-electron chi connectivity index (χ1n) is 6.00. The van der Waals surface area contributed by atoms with Gasteiger partial charge >= 0.3 is 6.15 Å². The third kappa shape index (κ3) is 4.00. The number of halogens is 1. The summed E-state index contributed by atoms with van der Waals surface area (Å²) >= 11 is 0. The molecule has 1 aromatic rings. The summed E-state index contributed by atoms with van der Waals surface area (Å²) in [5.74, 6) is -0.681. The van der Waals surface area contributed by atoms with E-state index in [9.17, 15) is 9.18 Å². The molecule has 0 bridgehead atoms. The highest BCUT2D eigenvalue weighted by atomic mass is 19.1. The van der Waals surface area contributed by atoms with Crippen LogP contribution in [0.5, 0.6) is 0 Å². The molecule has 0 unspecified atom stereocenters. The van der Waals surface area contributed by atoms with Gasteiger partial charge in [-0.2, -0.15) is 9.59 Å². The van der Waals surface area contributed by atoms with Crippen molar-refractivity contribution in [2.45, 2.75) is 38.6 Å². The first-order chi connectivity index (χ1) is 8.91. The number of carbonyl (C=O) groups is 1. The van der Waals surface area contributed by atoms with Gasteiger partial charge in [0.1, 0.15) is 5.82 Å². The Morgan fingerprint density at radius 2 is 1.95 bits per heavy atom. The molecule has 1 aliphatic carbocycles. The van der Waals surface area contributed by atoms with Crippen LogP contribution in [0, 0.1) is 5.82 Å². The van der Waals surface area contributed by atoms with Crippen LogP contribution >= 0.6 is 0 Å². The lowest BCUT2D eigenvalue weighted by atomic mass is 9.78. The maximum absolute atomic E-state index is 13.5. The van der Waals surface area contributed by atoms with E-state index in [1.165, 1.54) is 19.4 Å². The number of benzene rings is 1. The fraction of sp³-hybridized carbons (Fsp3) is 0.429. The van der Waals surface area contributed by atoms with E-state index >= 15 is 0 Å². The van der Waals surface area contributed by atoms with E-state index in [2.05, 4.69) is 12.2 Å². The summed E-state index contributed by atoms with van der Waals surface area (Å²) < 4.78 is 13.5. The molecule has 4 nitrogen and oxygen atoms in total. The maximum atomic E-state index is 13.5. The average molecular weight is 265 g/mol. The zero-order valence-corrected chi connectivity index (χ0v) is 11.0. The van der Waals surface area contributed by atoms with Gasteiger partial charge in [-0.25, -0.2) is 4.39 Å². The molecule has 1 aromatic carbocycles. The van der Waals surface area contributed by atoms with Crippen LogP contribution in [0.15, 0.2) is 18.2 Å². The highest BCUT2D eigenvalue weighted by Crippen LogP contribution is 2.34. The molecule has 0 spiro atoms. The molecule has 0 aromatic heterocycles. The summed E-state index contributed by atoms with van der Waals surface area (Å²) in [5.41, 5.74) is 1.01. The van der Waals surface area contributed by atoms with Crippen LogP contribution < -0.4 is 5.32 Å². The molecule has 2 rings (SSSR count). The van der Waals surface area contributed by atoms with Crippen molar-refractivity contribution in [3.8, 4) is 0 Å². The van der Waals surface area contributed by atoms with E-state index in [4.69, 9.17) is 9.59 Å². The minimum absolute atomic E-state index is 0.101. The largest absolute Gasteiger partial charge is 0.380 e. The number of rotatable bonds is 3. The molecule has 102 valence electrons. The number of ketones is 1. The Morgan fingerprint density at radius 1 is 1.37 bits per heavy atom. The van der Waals surface area contributed by atoms with Gasteiger partial charge < -0.3 is 5.32 Å². The van der Waals surface area contributed by atoms with Crippen molar-refractivity contribution in [2.24, 2.45) is 0 Å².